The van der Waals surface area contributed by atoms with Crippen LogP contribution in [0.4, 0.5) is 10.6 Å². The Morgan fingerprint density at radius 3 is 2.47 bits per heavy atom. The lowest BCUT2D eigenvalue weighted by molar-refractivity contribution is 0.0647. The number of pyridine rings is 1. The second-order valence-corrected chi connectivity index (χ2v) is 10.6. The Balaban J connectivity index is 1.94. The zero-order valence-electron chi connectivity index (χ0n) is 19.3. The fraction of sp³-hybridized carbons (Fsp3) is 0.682. The van der Waals surface area contributed by atoms with Gasteiger partial charge < -0.3 is 10.0 Å². The van der Waals surface area contributed by atoms with Crippen LogP contribution in [-0.4, -0.2) is 54.9 Å². The van der Waals surface area contributed by atoms with Gasteiger partial charge in [0, 0.05) is 32.2 Å². The largest absolute Gasteiger partial charge is 0.465 e. The first-order valence-corrected chi connectivity index (χ1v) is 10.6. The molecule has 0 radical (unpaired) electrons. The van der Waals surface area contributed by atoms with E-state index in [0.29, 0.717) is 18.7 Å². The maximum absolute atomic E-state index is 12.8. The van der Waals surface area contributed by atoms with Crippen molar-refractivity contribution in [1.82, 2.24) is 19.0 Å². The summed E-state index contributed by atoms with van der Waals surface area (Å²) >= 11 is 0. The molecule has 2 aromatic rings. The minimum atomic E-state index is -0.889. The first-order chi connectivity index (χ1) is 13.8. The minimum Gasteiger partial charge on any atom is -0.465 e. The first-order valence-electron chi connectivity index (χ1n) is 10.6. The van der Waals surface area contributed by atoms with Crippen molar-refractivity contribution in [2.75, 3.05) is 18.0 Å². The molecular formula is C22H35N5O3. The smallest absolute Gasteiger partial charge is 0.408 e. The van der Waals surface area contributed by atoms with E-state index in [2.05, 4.69) is 25.7 Å². The van der Waals surface area contributed by atoms with Crippen molar-refractivity contribution < 1.29 is 9.90 Å². The van der Waals surface area contributed by atoms with Gasteiger partial charge in [0.1, 0.15) is 5.82 Å². The lowest BCUT2D eigenvalue weighted by Crippen LogP contribution is -2.57. The Morgan fingerprint density at radius 1 is 1.23 bits per heavy atom. The number of carbonyl (C=O) groups is 1. The van der Waals surface area contributed by atoms with Crippen LogP contribution >= 0.6 is 0 Å². The molecular weight excluding hydrogens is 382 g/mol. The molecule has 1 aliphatic rings. The van der Waals surface area contributed by atoms with Crippen molar-refractivity contribution in [2.45, 2.75) is 72.5 Å². The molecule has 3 heterocycles. The summed E-state index contributed by atoms with van der Waals surface area (Å²) in [6, 6.07) is 3.82. The molecule has 1 aliphatic heterocycles. The number of hydrogen-bond donors (Lipinski definition) is 1. The number of rotatable bonds is 3. The fourth-order valence-corrected chi connectivity index (χ4v) is 4.43. The molecule has 2 aromatic heterocycles. The van der Waals surface area contributed by atoms with Gasteiger partial charge in [0.25, 0.3) is 0 Å². The molecule has 8 nitrogen and oxygen atoms in total. The van der Waals surface area contributed by atoms with Crippen molar-refractivity contribution in [3.05, 3.63) is 22.6 Å². The van der Waals surface area contributed by atoms with Gasteiger partial charge in [-0.2, -0.15) is 0 Å². The predicted molar refractivity (Wildman–Crippen MR) is 119 cm³/mol. The van der Waals surface area contributed by atoms with E-state index in [4.69, 9.17) is 4.98 Å². The summed E-state index contributed by atoms with van der Waals surface area (Å²) in [6.07, 6.45) is 0.844. The predicted octanol–water partition coefficient (Wildman–Crippen LogP) is 3.53. The van der Waals surface area contributed by atoms with E-state index >= 15 is 0 Å². The van der Waals surface area contributed by atoms with Gasteiger partial charge in [-0.3, -0.25) is 14.0 Å². The third kappa shape index (κ3) is 4.32. The lowest BCUT2D eigenvalue weighted by Gasteiger charge is -2.44. The monoisotopic (exact) mass is 417 g/mol. The summed E-state index contributed by atoms with van der Waals surface area (Å²) in [5.41, 5.74) is 0.937. The van der Waals surface area contributed by atoms with Crippen LogP contribution < -0.4 is 10.6 Å². The van der Waals surface area contributed by atoms with Crippen LogP contribution in [-0.2, 0) is 13.6 Å². The van der Waals surface area contributed by atoms with Crippen molar-refractivity contribution >= 4 is 23.1 Å². The Kier molecular flexibility index (Phi) is 5.64. The van der Waals surface area contributed by atoms with Crippen LogP contribution in [0.25, 0.3) is 11.2 Å². The third-order valence-corrected chi connectivity index (χ3v) is 5.61. The van der Waals surface area contributed by atoms with Crippen LogP contribution in [0.5, 0.6) is 0 Å². The number of fused-ring (bicyclic) bond motifs is 1. The topological polar surface area (TPSA) is 83.6 Å². The van der Waals surface area contributed by atoms with Crippen molar-refractivity contribution in [3.63, 3.8) is 0 Å². The molecule has 1 fully saturated rings. The van der Waals surface area contributed by atoms with Crippen LogP contribution in [0, 0.1) is 5.41 Å². The molecule has 30 heavy (non-hydrogen) atoms. The van der Waals surface area contributed by atoms with Gasteiger partial charge >= 0.3 is 11.8 Å². The van der Waals surface area contributed by atoms with E-state index in [1.165, 1.54) is 0 Å². The molecule has 1 atom stereocenters. The SMILES string of the molecule is Cn1c(=O)n(CC(C)(C)C)c2ccc(N3CCC[C@H](N(C(=O)O)C(C)(C)C)C3)nc21. The van der Waals surface area contributed by atoms with Crippen LogP contribution in [0.2, 0.25) is 0 Å². The van der Waals surface area contributed by atoms with E-state index in [9.17, 15) is 14.7 Å². The van der Waals surface area contributed by atoms with Crippen LogP contribution in [0.3, 0.4) is 0 Å². The first kappa shape index (κ1) is 22.2. The Bertz CT molecular complexity index is 993. The summed E-state index contributed by atoms with van der Waals surface area (Å²) < 4.78 is 3.39. The number of imidazole rings is 1. The number of aryl methyl sites for hydroxylation is 1. The van der Waals surface area contributed by atoms with Crippen molar-refractivity contribution in [1.29, 1.82) is 0 Å². The van der Waals surface area contributed by atoms with Gasteiger partial charge in [0.15, 0.2) is 5.65 Å². The summed E-state index contributed by atoms with van der Waals surface area (Å²) in [5.74, 6) is 0.787. The normalized spacial score (nSPS) is 18.1. The van der Waals surface area contributed by atoms with Crippen LogP contribution in [0.15, 0.2) is 16.9 Å². The maximum atomic E-state index is 12.8. The maximum Gasteiger partial charge on any atom is 0.408 e. The second-order valence-electron chi connectivity index (χ2n) is 10.6. The highest BCUT2D eigenvalue weighted by Gasteiger charge is 2.36. The van der Waals surface area contributed by atoms with Gasteiger partial charge in [-0.15, -0.1) is 0 Å². The summed E-state index contributed by atoms with van der Waals surface area (Å²) in [4.78, 5) is 33.2. The van der Waals surface area contributed by atoms with E-state index in [-0.39, 0.29) is 17.1 Å². The van der Waals surface area contributed by atoms with E-state index in [0.717, 1.165) is 30.7 Å². The van der Waals surface area contributed by atoms with Gasteiger partial charge in [-0.1, -0.05) is 20.8 Å². The zero-order chi connectivity index (χ0) is 22.4. The number of piperidine rings is 1. The fourth-order valence-electron chi connectivity index (χ4n) is 4.43. The number of nitrogens with zero attached hydrogens (tertiary/aromatic N) is 5. The lowest BCUT2D eigenvalue weighted by atomic mass is 9.97. The van der Waals surface area contributed by atoms with E-state index in [1.54, 1.807) is 21.1 Å². The highest BCUT2D eigenvalue weighted by Crippen LogP contribution is 2.28. The number of anilines is 1. The second kappa shape index (κ2) is 7.63. The van der Waals surface area contributed by atoms with Gasteiger partial charge in [-0.05, 0) is 51.2 Å². The molecule has 3 rings (SSSR count). The number of carboxylic acid groups (broad SMARTS) is 1. The van der Waals surface area contributed by atoms with Gasteiger partial charge in [0.05, 0.1) is 11.6 Å². The molecule has 0 spiro atoms. The molecule has 0 bridgehead atoms. The molecule has 1 amide bonds. The Labute approximate surface area is 178 Å². The average Bonchev–Trinajstić information content (AvgIpc) is 2.84. The van der Waals surface area contributed by atoms with Gasteiger partial charge in [-0.25, -0.2) is 14.6 Å². The van der Waals surface area contributed by atoms with Crippen molar-refractivity contribution in [3.8, 4) is 0 Å². The molecule has 0 aromatic carbocycles. The Hall–Kier alpha value is -2.51. The average molecular weight is 418 g/mol. The number of amides is 1. The highest BCUT2D eigenvalue weighted by molar-refractivity contribution is 5.74. The number of hydrogen-bond acceptors (Lipinski definition) is 4. The third-order valence-electron chi connectivity index (χ3n) is 5.61. The minimum absolute atomic E-state index is 0.0237. The zero-order valence-corrected chi connectivity index (χ0v) is 19.3. The summed E-state index contributed by atoms with van der Waals surface area (Å²) in [5, 5.41) is 9.77. The molecule has 0 aliphatic carbocycles. The molecule has 1 N–H and O–H groups in total. The van der Waals surface area contributed by atoms with E-state index < -0.39 is 11.6 Å². The summed E-state index contributed by atoms with van der Waals surface area (Å²) in [7, 11) is 1.76. The number of aromatic nitrogens is 3. The summed E-state index contributed by atoms with van der Waals surface area (Å²) in [6.45, 7) is 14.2. The molecule has 8 heteroatoms. The highest BCUT2D eigenvalue weighted by atomic mass is 16.4. The quantitative estimate of drug-likeness (QED) is 0.826. The molecule has 0 saturated carbocycles. The van der Waals surface area contributed by atoms with Crippen LogP contribution in [0.1, 0.15) is 54.4 Å². The molecule has 1 saturated heterocycles. The Morgan fingerprint density at radius 2 is 1.90 bits per heavy atom. The standard InChI is InChI=1S/C22H35N5O3/c1-21(2,3)14-26-16-10-11-17(23-18(16)24(7)19(26)28)25-12-8-9-15(13-25)27(20(29)30)22(4,5)6/h10-11,15H,8-9,12-14H2,1-7H3,(H,29,30)/t15-/m0/s1. The molecule has 166 valence electrons. The van der Waals surface area contributed by atoms with Crippen molar-refractivity contribution in [2.24, 2.45) is 12.5 Å². The molecule has 0 unspecified atom stereocenters. The van der Waals surface area contributed by atoms with E-state index in [1.807, 2.05) is 32.9 Å². The van der Waals surface area contributed by atoms with Gasteiger partial charge in [0.2, 0.25) is 0 Å².